The zero-order chi connectivity index (χ0) is 12.7. The van der Waals surface area contributed by atoms with E-state index in [4.69, 9.17) is 0 Å². The Morgan fingerprint density at radius 1 is 1.33 bits per heavy atom. The quantitative estimate of drug-likeness (QED) is 0.886. The Morgan fingerprint density at radius 2 is 2.11 bits per heavy atom. The van der Waals surface area contributed by atoms with Crippen molar-refractivity contribution >= 4 is 16.8 Å². The minimum Gasteiger partial charge on any atom is -0.349 e. The molecule has 0 bridgehead atoms. The fourth-order valence-electron chi connectivity index (χ4n) is 1.76. The average Bonchev–Trinajstić information content (AvgIpc) is 3.17. The van der Waals surface area contributed by atoms with E-state index in [2.05, 4.69) is 10.3 Å². The van der Waals surface area contributed by atoms with Crippen LogP contribution in [0, 0.1) is 11.6 Å². The summed E-state index contributed by atoms with van der Waals surface area (Å²) in [7, 11) is 0. The van der Waals surface area contributed by atoms with Gasteiger partial charge in [-0.15, -0.1) is 0 Å². The summed E-state index contributed by atoms with van der Waals surface area (Å²) in [4.78, 5) is 15.6. The second-order valence-electron chi connectivity index (χ2n) is 4.40. The number of amides is 1. The molecule has 0 aliphatic heterocycles. The Balaban J connectivity index is 2.00. The topological polar surface area (TPSA) is 42.0 Å². The number of nitrogens with one attached hydrogen (secondary N) is 1. The van der Waals surface area contributed by atoms with Gasteiger partial charge in [-0.3, -0.25) is 9.78 Å². The van der Waals surface area contributed by atoms with E-state index in [0.717, 1.165) is 18.9 Å². The molecule has 1 N–H and O–H groups in total. The molecule has 5 heteroatoms. The predicted molar refractivity (Wildman–Crippen MR) is 62.1 cm³/mol. The van der Waals surface area contributed by atoms with E-state index >= 15 is 0 Å². The van der Waals surface area contributed by atoms with Crippen LogP contribution in [0.5, 0.6) is 0 Å². The molecule has 1 aliphatic carbocycles. The Labute approximate surface area is 102 Å². The number of hydrogen-bond acceptors (Lipinski definition) is 2. The number of halogens is 2. The van der Waals surface area contributed by atoms with Crippen molar-refractivity contribution in [3.8, 4) is 0 Å². The van der Waals surface area contributed by atoms with Gasteiger partial charge in [-0.2, -0.15) is 0 Å². The third-order valence-electron chi connectivity index (χ3n) is 2.92. The Hall–Kier alpha value is -2.04. The van der Waals surface area contributed by atoms with Crippen molar-refractivity contribution in [2.75, 3.05) is 0 Å². The highest BCUT2D eigenvalue weighted by Gasteiger charge is 2.24. The van der Waals surface area contributed by atoms with Gasteiger partial charge < -0.3 is 5.32 Å². The molecule has 0 spiro atoms. The largest absolute Gasteiger partial charge is 0.349 e. The normalized spacial score (nSPS) is 14.8. The SMILES string of the molecule is O=C(NC1CC1)c1cnc2c(F)c(F)ccc2c1. The van der Waals surface area contributed by atoms with Crippen LogP contribution in [0.4, 0.5) is 8.78 Å². The number of fused-ring (bicyclic) bond motifs is 1. The van der Waals surface area contributed by atoms with E-state index in [9.17, 15) is 13.6 Å². The van der Waals surface area contributed by atoms with Crippen molar-refractivity contribution < 1.29 is 13.6 Å². The highest BCUT2D eigenvalue weighted by molar-refractivity contribution is 5.97. The number of benzene rings is 1. The van der Waals surface area contributed by atoms with Crippen LogP contribution in [-0.2, 0) is 0 Å². The number of nitrogens with zero attached hydrogens (tertiary/aromatic N) is 1. The van der Waals surface area contributed by atoms with Gasteiger partial charge >= 0.3 is 0 Å². The zero-order valence-corrected chi connectivity index (χ0v) is 9.41. The lowest BCUT2D eigenvalue weighted by Crippen LogP contribution is -2.25. The summed E-state index contributed by atoms with van der Waals surface area (Å²) in [6.45, 7) is 0. The first-order chi connectivity index (χ1) is 8.65. The van der Waals surface area contributed by atoms with Gasteiger partial charge in [-0.05, 0) is 31.0 Å². The Morgan fingerprint density at radius 3 is 2.83 bits per heavy atom. The van der Waals surface area contributed by atoms with Gasteiger partial charge in [0, 0.05) is 17.6 Å². The third-order valence-corrected chi connectivity index (χ3v) is 2.92. The molecule has 0 atom stereocenters. The molecule has 3 nitrogen and oxygen atoms in total. The molecule has 92 valence electrons. The van der Waals surface area contributed by atoms with E-state index < -0.39 is 11.6 Å². The Bertz CT molecular complexity index is 638. The maximum Gasteiger partial charge on any atom is 0.253 e. The monoisotopic (exact) mass is 248 g/mol. The van der Waals surface area contributed by atoms with Gasteiger partial charge in [0.25, 0.3) is 5.91 Å². The van der Waals surface area contributed by atoms with Crippen molar-refractivity contribution in [3.05, 3.63) is 41.6 Å². The van der Waals surface area contributed by atoms with Gasteiger partial charge in [0.15, 0.2) is 11.6 Å². The molecule has 2 aromatic rings. The smallest absolute Gasteiger partial charge is 0.253 e. The summed E-state index contributed by atoms with van der Waals surface area (Å²) >= 11 is 0. The second kappa shape index (κ2) is 4.01. The fraction of sp³-hybridized carbons (Fsp3) is 0.231. The van der Waals surface area contributed by atoms with E-state index in [1.807, 2.05) is 0 Å². The predicted octanol–water partition coefficient (Wildman–Crippen LogP) is 2.41. The van der Waals surface area contributed by atoms with Crippen LogP contribution in [0.3, 0.4) is 0 Å². The molecular formula is C13H10F2N2O. The van der Waals surface area contributed by atoms with Gasteiger partial charge in [-0.25, -0.2) is 8.78 Å². The lowest BCUT2D eigenvalue weighted by molar-refractivity contribution is 0.0951. The van der Waals surface area contributed by atoms with Crippen LogP contribution in [0.15, 0.2) is 24.4 Å². The van der Waals surface area contributed by atoms with Crippen LogP contribution >= 0.6 is 0 Å². The van der Waals surface area contributed by atoms with Crippen molar-refractivity contribution in [2.24, 2.45) is 0 Å². The van der Waals surface area contributed by atoms with Crippen LogP contribution in [0.2, 0.25) is 0 Å². The average molecular weight is 248 g/mol. The molecule has 1 aliphatic rings. The minimum absolute atomic E-state index is 0.0574. The molecule has 1 amide bonds. The fourth-order valence-corrected chi connectivity index (χ4v) is 1.76. The summed E-state index contributed by atoms with van der Waals surface area (Å²) in [6.07, 6.45) is 3.25. The van der Waals surface area contributed by atoms with Crippen molar-refractivity contribution in [1.82, 2.24) is 10.3 Å². The molecule has 0 saturated heterocycles. The van der Waals surface area contributed by atoms with Crippen LogP contribution < -0.4 is 5.32 Å². The molecule has 1 fully saturated rings. The highest BCUT2D eigenvalue weighted by Crippen LogP contribution is 2.21. The summed E-state index contributed by atoms with van der Waals surface area (Å²) < 4.78 is 26.4. The second-order valence-corrected chi connectivity index (χ2v) is 4.40. The van der Waals surface area contributed by atoms with E-state index in [1.165, 1.54) is 18.3 Å². The van der Waals surface area contributed by atoms with Crippen molar-refractivity contribution in [2.45, 2.75) is 18.9 Å². The maximum atomic E-state index is 13.4. The number of carbonyl (C=O) groups is 1. The summed E-state index contributed by atoms with van der Waals surface area (Å²) in [6, 6.07) is 4.21. The van der Waals surface area contributed by atoms with Crippen molar-refractivity contribution in [1.29, 1.82) is 0 Å². The number of aromatic nitrogens is 1. The molecule has 0 unspecified atom stereocenters. The first-order valence-electron chi connectivity index (χ1n) is 5.70. The molecule has 1 saturated carbocycles. The molecule has 1 aromatic carbocycles. The molecule has 0 radical (unpaired) electrons. The molecule has 1 heterocycles. The minimum atomic E-state index is -0.985. The first kappa shape index (κ1) is 11.1. The van der Waals surface area contributed by atoms with E-state index in [1.54, 1.807) is 0 Å². The Kier molecular flexibility index (Phi) is 2.47. The van der Waals surface area contributed by atoms with Crippen LogP contribution in [-0.4, -0.2) is 16.9 Å². The number of hydrogen-bond donors (Lipinski definition) is 1. The summed E-state index contributed by atoms with van der Waals surface area (Å²) in [5, 5.41) is 3.23. The number of rotatable bonds is 2. The molecule has 1 aromatic heterocycles. The lowest BCUT2D eigenvalue weighted by Gasteiger charge is -2.05. The van der Waals surface area contributed by atoms with Crippen LogP contribution in [0.1, 0.15) is 23.2 Å². The summed E-state index contributed by atoms with van der Waals surface area (Å²) in [5.74, 6) is -2.15. The standard InChI is InChI=1S/C13H10F2N2O/c14-10-4-1-7-5-8(6-16-12(7)11(10)15)13(18)17-9-2-3-9/h1,4-6,9H,2-3H2,(H,17,18). The van der Waals surface area contributed by atoms with E-state index in [0.29, 0.717) is 10.9 Å². The van der Waals surface area contributed by atoms with Crippen molar-refractivity contribution in [3.63, 3.8) is 0 Å². The van der Waals surface area contributed by atoms with Gasteiger partial charge in [-0.1, -0.05) is 0 Å². The van der Waals surface area contributed by atoms with Gasteiger partial charge in [0.2, 0.25) is 0 Å². The number of pyridine rings is 1. The van der Waals surface area contributed by atoms with Crippen LogP contribution in [0.25, 0.3) is 10.9 Å². The molecular weight excluding hydrogens is 238 g/mol. The van der Waals surface area contributed by atoms with Gasteiger partial charge in [0.1, 0.15) is 5.52 Å². The first-order valence-corrected chi connectivity index (χ1v) is 5.70. The molecule has 18 heavy (non-hydrogen) atoms. The highest BCUT2D eigenvalue weighted by atomic mass is 19.2. The van der Waals surface area contributed by atoms with Gasteiger partial charge in [0.05, 0.1) is 5.56 Å². The zero-order valence-electron chi connectivity index (χ0n) is 9.41. The lowest BCUT2D eigenvalue weighted by atomic mass is 10.1. The molecule has 3 rings (SSSR count). The number of carbonyl (C=O) groups excluding carboxylic acids is 1. The summed E-state index contributed by atoms with van der Waals surface area (Å²) in [5.41, 5.74) is 0.304. The maximum absolute atomic E-state index is 13.4. The van der Waals surface area contributed by atoms with E-state index in [-0.39, 0.29) is 17.5 Å². The third kappa shape index (κ3) is 1.92.